The van der Waals surface area contributed by atoms with Gasteiger partial charge in [0.1, 0.15) is 5.75 Å². The molecule has 4 heteroatoms. The average molecular weight is 264 g/mol. The zero-order valence-corrected chi connectivity index (χ0v) is 11.3. The third-order valence-corrected chi connectivity index (χ3v) is 3.57. The van der Waals surface area contributed by atoms with Gasteiger partial charge in [-0.3, -0.25) is 4.79 Å². The van der Waals surface area contributed by atoms with Crippen molar-refractivity contribution in [1.82, 2.24) is 0 Å². The van der Waals surface area contributed by atoms with Crippen molar-refractivity contribution in [2.45, 2.75) is 38.2 Å². The highest BCUT2D eigenvalue weighted by Crippen LogP contribution is 2.44. The minimum atomic E-state index is -0.921. The van der Waals surface area contributed by atoms with Crippen LogP contribution in [0.3, 0.4) is 0 Å². The van der Waals surface area contributed by atoms with E-state index in [4.69, 9.17) is 4.74 Å². The maximum Gasteiger partial charge on any atom is 0.314 e. The standard InChI is InChI=1S/C15H20O4/c1-10(2)9-19-13-5-3-11(4-6-13)15(14(17)18)7-12(16)8-15/h3-6,10,12,16H,7-9H2,1-2H3,(H,17,18). The second kappa shape index (κ2) is 5.21. The first-order valence-corrected chi connectivity index (χ1v) is 6.59. The lowest BCUT2D eigenvalue weighted by Gasteiger charge is -2.42. The Morgan fingerprint density at radius 2 is 1.95 bits per heavy atom. The minimum absolute atomic E-state index is 0.286. The average Bonchev–Trinajstić information content (AvgIpc) is 2.32. The van der Waals surface area contributed by atoms with Crippen LogP contribution in [0.25, 0.3) is 0 Å². The normalized spacial score (nSPS) is 26.0. The molecule has 1 aliphatic rings. The molecule has 1 saturated carbocycles. The van der Waals surface area contributed by atoms with Gasteiger partial charge in [-0.25, -0.2) is 0 Å². The van der Waals surface area contributed by atoms with Gasteiger partial charge in [-0.15, -0.1) is 0 Å². The summed E-state index contributed by atoms with van der Waals surface area (Å²) in [5.41, 5.74) is -0.182. The molecule has 0 aromatic heterocycles. The molecule has 0 aliphatic heterocycles. The molecule has 104 valence electrons. The van der Waals surface area contributed by atoms with Crippen LogP contribution in [0.4, 0.5) is 0 Å². The number of benzene rings is 1. The lowest BCUT2D eigenvalue weighted by Crippen LogP contribution is -2.50. The molecule has 1 fully saturated rings. The fraction of sp³-hybridized carbons (Fsp3) is 0.533. The van der Waals surface area contributed by atoms with Crippen molar-refractivity contribution in [3.63, 3.8) is 0 Å². The molecule has 1 aromatic carbocycles. The third-order valence-electron chi connectivity index (χ3n) is 3.57. The molecular weight excluding hydrogens is 244 g/mol. The summed E-state index contributed by atoms with van der Waals surface area (Å²) in [5, 5.41) is 18.8. The molecule has 0 amide bonds. The van der Waals surface area contributed by atoms with E-state index in [9.17, 15) is 15.0 Å². The summed E-state index contributed by atoms with van der Waals surface area (Å²) in [6, 6.07) is 7.17. The lowest BCUT2D eigenvalue weighted by molar-refractivity contribution is -0.152. The maximum atomic E-state index is 11.4. The Bertz CT molecular complexity index is 444. The van der Waals surface area contributed by atoms with Gasteiger partial charge in [-0.1, -0.05) is 26.0 Å². The van der Waals surface area contributed by atoms with Crippen molar-refractivity contribution in [3.8, 4) is 5.75 Å². The molecule has 4 nitrogen and oxygen atoms in total. The van der Waals surface area contributed by atoms with Crippen molar-refractivity contribution in [2.24, 2.45) is 5.92 Å². The predicted octanol–water partition coefficient (Wildman–Crippen LogP) is 2.20. The van der Waals surface area contributed by atoms with E-state index in [-0.39, 0.29) is 12.8 Å². The predicted molar refractivity (Wildman–Crippen MR) is 71.3 cm³/mol. The van der Waals surface area contributed by atoms with E-state index in [0.717, 1.165) is 11.3 Å². The van der Waals surface area contributed by atoms with Crippen LogP contribution in [0.1, 0.15) is 32.3 Å². The zero-order chi connectivity index (χ0) is 14.0. The number of hydrogen-bond acceptors (Lipinski definition) is 3. The largest absolute Gasteiger partial charge is 0.493 e. The quantitative estimate of drug-likeness (QED) is 0.855. The molecule has 19 heavy (non-hydrogen) atoms. The molecule has 2 rings (SSSR count). The van der Waals surface area contributed by atoms with Crippen LogP contribution in [0.2, 0.25) is 0 Å². The minimum Gasteiger partial charge on any atom is -0.493 e. The Kier molecular flexibility index (Phi) is 3.80. The Morgan fingerprint density at radius 1 is 1.37 bits per heavy atom. The highest BCUT2D eigenvalue weighted by Gasteiger charge is 2.51. The first-order valence-electron chi connectivity index (χ1n) is 6.59. The zero-order valence-electron chi connectivity index (χ0n) is 11.3. The third kappa shape index (κ3) is 2.73. The van der Waals surface area contributed by atoms with E-state index in [1.54, 1.807) is 24.3 Å². The molecule has 1 aliphatic carbocycles. The molecule has 0 radical (unpaired) electrons. The molecule has 0 heterocycles. The number of carboxylic acids is 1. The van der Waals surface area contributed by atoms with Gasteiger partial charge in [-0.05, 0) is 36.5 Å². The Morgan fingerprint density at radius 3 is 2.37 bits per heavy atom. The van der Waals surface area contributed by atoms with Crippen molar-refractivity contribution in [2.75, 3.05) is 6.61 Å². The Hall–Kier alpha value is -1.55. The van der Waals surface area contributed by atoms with E-state index in [2.05, 4.69) is 13.8 Å². The van der Waals surface area contributed by atoms with Crippen LogP contribution in [-0.4, -0.2) is 28.9 Å². The second-order valence-corrected chi connectivity index (χ2v) is 5.68. The van der Waals surface area contributed by atoms with Gasteiger partial charge < -0.3 is 14.9 Å². The van der Waals surface area contributed by atoms with Crippen molar-refractivity contribution in [3.05, 3.63) is 29.8 Å². The summed E-state index contributed by atoms with van der Waals surface area (Å²) in [4.78, 5) is 11.4. The topological polar surface area (TPSA) is 66.8 Å². The van der Waals surface area contributed by atoms with E-state index in [1.165, 1.54) is 0 Å². The lowest BCUT2D eigenvalue weighted by atomic mass is 9.63. The first-order chi connectivity index (χ1) is 8.94. The van der Waals surface area contributed by atoms with Gasteiger partial charge in [0.05, 0.1) is 18.1 Å². The van der Waals surface area contributed by atoms with E-state index in [1.807, 2.05) is 0 Å². The van der Waals surface area contributed by atoms with Gasteiger partial charge in [-0.2, -0.15) is 0 Å². The van der Waals surface area contributed by atoms with Crippen LogP contribution in [0.15, 0.2) is 24.3 Å². The van der Waals surface area contributed by atoms with Gasteiger partial charge in [0, 0.05) is 0 Å². The molecule has 1 aromatic rings. The number of carbonyl (C=O) groups is 1. The first kappa shape index (κ1) is 13.9. The van der Waals surface area contributed by atoms with Crippen LogP contribution in [-0.2, 0) is 10.2 Å². The van der Waals surface area contributed by atoms with Gasteiger partial charge in [0.15, 0.2) is 0 Å². The summed E-state index contributed by atoms with van der Waals surface area (Å²) in [7, 11) is 0. The smallest absolute Gasteiger partial charge is 0.314 e. The molecule has 0 bridgehead atoms. The Labute approximate surface area is 113 Å². The fourth-order valence-electron chi connectivity index (χ4n) is 2.41. The van der Waals surface area contributed by atoms with Crippen LogP contribution in [0.5, 0.6) is 5.75 Å². The molecule has 0 unspecified atom stereocenters. The Balaban J connectivity index is 2.11. The van der Waals surface area contributed by atoms with Gasteiger partial charge in [0.25, 0.3) is 0 Å². The van der Waals surface area contributed by atoms with E-state index < -0.39 is 17.5 Å². The van der Waals surface area contributed by atoms with E-state index >= 15 is 0 Å². The number of ether oxygens (including phenoxy) is 1. The molecule has 2 N–H and O–H groups in total. The van der Waals surface area contributed by atoms with Gasteiger partial charge >= 0.3 is 5.97 Å². The fourth-order valence-corrected chi connectivity index (χ4v) is 2.41. The highest BCUT2D eigenvalue weighted by atomic mass is 16.5. The summed E-state index contributed by atoms with van der Waals surface area (Å²) in [6.45, 7) is 4.79. The number of aliphatic carboxylic acids is 1. The summed E-state index contributed by atoms with van der Waals surface area (Å²) in [6.07, 6.45) is 0.0660. The van der Waals surface area contributed by atoms with Crippen LogP contribution < -0.4 is 4.74 Å². The van der Waals surface area contributed by atoms with Crippen molar-refractivity contribution >= 4 is 5.97 Å². The summed E-state index contributed by atoms with van der Waals surface area (Å²) < 4.78 is 5.57. The van der Waals surface area contributed by atoms with E-state index in [0.29, 0.717) is 12.5 Å². The van der Waals surface area contributed by atoms with Gasteiger partial charge in [0.2, 0.25) is 0 Å². The van der Waals surface area contributed by atoms with Crippen molar-refractivity contribution < 1.29 is 19.7 Å². The number of aliphatic hydroxyl groups excluding tert-OH is 1. The number of aliphatic hydroxyl groups is 1. The molecule has 0 atom stereocenters. The number of hydrogen-bond donors (Lipinski definition) is 2. The summed E-state index contributed by atoms with van der Waals surface area (Å²) >= 11 is 0. The maximum absolute atomic E-state index is 11.4. The number of rotatable bonds is 5. The molecule has 0 spiro atoms. The number of carboxylic acid groups (broad SMARTS) is 1. The van der Waals surface area contributed by atoms with Crippen LogP contribution in [0, 0.1) is 5.92 Å². The molecular formula is C15H20O4. The highest BCUT2D eigenvalue weighted by molar-refractivity contribution is 5.83. The SMILES string of the molecule is CC(C)COc1ccc(C2(C(=O)O)CC(O)C2)cc1. The second-order valence-electron chi connectivity index (χ2n) is 5.68. The van der Waals surface area contributed by atoms with Crippen LogP contribution >= 0.6 is 0 Å². The van der Waals surface area contributed by atoms with Crippen molar-refractivity contribution in [1.29, 1.82) is 0 Å². The molecule has 0 saturated heterocycles. The monoisotopic (exact) mass is 264 g/mol. The summed E-state index contributed by atoms with van der Waals surface area (Å²) in [5.74, 6) is 0.332.